The van der Waals surface area contributed by atoms with Crippen molar-refractivity contribution in [3.63, 3.8) is 0 Å². The van der Waals surface area contributed by atoms with Crippen molar-refractivity contribution in [1.29, 1.82) is 0 Å². The van der Waals surface area contributed by atoms with E-state index in [1.165, 1.54) is 4.31 Å². The maximum absolute atomic E-state index is 12.8. The Morgan fingerprint density at radius 3 is 2.50 bits per heavy atom. The highest BCUT2D eigenvalue weighted by atomic mass is 32.2. The van der Waals surface area contributed by atoms with E-state index in [0.717, 1.165) is 6.42 Å². The van der Waals surface area contributed by atoms with Gasteiger partial charge in [-0.05, 0) is 56.9 Å². The number of nitrogens with zero attached hydrogens (tertiary/aromatic N) is 1. The van der Waals surface area contributed by atoms with Gasteiger partial charge in [-0.3, -0.25) is 0 Å². The van der Waals surface area contributed by atoms with Crippen molar-refractivity contribution in [2.24, 2.45) is 5.92 Å². The van der Waals surface area contributed by atoms with Gasteiger partial charge in [0, 0.05) is 12.6 Å². The van der Waals surface area contributed by atoms with Crippen LogP contribution in [0.1, 0.15) is 33.6 Å². The summed E-state index contributed by atoms with van der Waals surface area (Å²) in [5.41, 5.74) is 0. The molecule has 1 unspecified atom stereocenters. The molecule has 0 bridgehead atoms. The smallest absolute Gasteiger partial charge is 0.243 e. The van der Waals surface area contributed by atoms with Crippen LogP contribution in [0.25, 0.3) is 0 Å². The quantitative estimate of drug-likeness (QED) is 0.901. The molecule has 0 saturated carbocycles. The molecular weight excluding hydrogens is 302 g/mol. The summed E-state index contributed by atoms with van der Waals surface area (Å²) in [5.74, 6) is 1.09. The van der Waals surface area contributed by atoms with E-state index in [0.29, 0.717) is 24.6 Å². The van der Waals surface area contributed by atoms with Crippen molar-refractivity contribution in [2.45, 2.75) is 50.7 Å². The summed E-state index contributed by atoms with van der Waals surface area (Å²) in [6.07, 6.45) is 1.57. The minimum absolute atomic E-state index is 0.0461. The lowest BCUT2D eigenvalue weighted by molar-refractivity contribution is 0.131. The summed E-state index contributed by atoms with van der Waals surface area (Å²) in [6.45, 7) is 6.25. The van der Waals surface area contributed by atoms with Crippen LogP contribution in [0.4, 0.5) is 0 Å². The zero-order valence-electron chi connectivity index (χ0n) is 13.4. The van der Waals surface area contributed by atoms with Gasteiger partial charge in [-0.1, -0.05) is 6.92 Å². The molecule has 0 aromatic heterocycles. The number of aliphatic hydroxyl groups excluding tert-OH is 1. The third-order valence-corrected chi connectivity index (χ3v) is 5.90. The predicted octanol–water partition coefficient (Wildman–Crippen LogP) is 2.26. The normalized spacial score (nSPS) is 23.7. The van der Waals surface area contributed by atoms with Crippen LogP contribution in [0.3, 0.4) is 0 Å². The highest BCUT2D eigenvalue weighted by Gasteiger charge is 2.35. The molecule has 0 amide bonds. The van der Waals surface area contributed by atoms with Gasteiger partial charge in [-0.2, -0.15) is 4.31 Å². The van der Waals surface area contributed by atoms with Crippen LogP contribution in [0, 0.1) is 5.92 Å². The average Bonchev–Trinajstić information content (AvgIpc) is 2.46. The standard InChI is InChI=1S/C16H25NO4S/c1-12(2)21-15-4-6-16(7-5-15)22(19,20)17-9-8-13(3)10-14(17)11-18/h4-7,12-14,18H,8-11H2,1-3H3/t13-,14?/m1/s1. The molecule has 1 aliphatic rings. The van der Waals surface area contributed by atoms with Crippen molar-refractivity contribution < 1.29 is 18.3 Å². The first-order valence-corrected chi connectivity index (χ1v) is 9.18. The van der Waals surface area contributed by atoms with Crippen molar-refractivity contribution in [3.8, 4) is 5.75 Å². The number of rotatable bonds is 5. The number of aliphatic hydroxyl groups is 1. The van der Waals surface area contributed by atoms with Crippen molar-refractivity contribution in [3.05, 3.63) is 24.3 Å². The lowest BCUT2D eigenvalue weighted by Gasteiger charge is -2.36. The predicted molar refractivity (Wildman–Crippen MR) is 85.4 cm³/mol. The first kappa shape index (κ1) is 17.2. The second kappa shape index (κ2) is 6.98. The Kier molecular flexibility index (Phi) is 5.47. The zero-order chi connectivity index (χ0) is 16.3. The van der Waals surface area contributed by atoms with Gasteiger partial charge >= 0.3 is 0 Å². The van der Waals surface area contributed by atoms with E-state index >= 15 is 0 Å². The topological polar surface area (TPSA) is 66.8 Å². The minimum Gasteiger partial charge on any atom is -0.491 e. The Bertz CT molecular complexity index is 583. The average molecular weight is 327 g/mol. The number of benzene rings is 1. The van der Waals surface area contributed by atoms with Gasteiger partial charge in [0.1, 0.15) is 5.75 Å². The van der Waals surface area contributed by atoms with Gasteiger partial charge in [0.2, 0.25) is 10.0 Å². The molecule has 1 saturated heterocycles. The van der Waals surface area contributed by atoms with Gasteiger partial charge in [0.25, 0.3) is 0 Å². The molecule has 1 aromatic rings. The lowest BCUT2D eigenvalue weighted by atomic mass is 9.95. The fourth-order valence-electron chi connectivity index (χ4n) is 2.81. The molecule has 6 heteroatoms. The van der Waals surface area contributed by atoms with E-state index in [9.17, 15) is 13.5 Å². The highest BCUT2D eigenvalue weighted by molar-refractivity contribution is 7.89. The Hall–Kier alpha value is -1.11. The summed E-state index contributed by atoms with van der Waals surface area (Å²) in [4.78, 5) is 0.247. The highest BCUT2D eigenvalue weighted by Crippen LogP contribution is 2.29. The number of hydrogen-bond donors (Lipinski definition) is 1. The van der Waals surface area contributed by atoms with Crippen LogP contribution in [-0.4, -0.2) is 43.1 Å². The summed E-state index contributed by atoms with van der Waals surface area (Å²) in [6, 6.07) is 6.15. The van der Waals surface area contributed by atoms with Crippen molar-refractivity contribution in [2.75, 3.05) is 13.2 Å². The number of piperidine rings is 1. The van der Waals surface area contributed by atoms with E-state index in [2.05, 4.69) is 6.92 Å². The molecule has 0 radical (unpaired) electrons. The molecule has 124 valence electrons. The van der Waals surface area contributed by atoms with Gasteiger partial charge in [0.15, 0.2) is 0 Å². The number of sulfonamides is 1. The second-order valence-corrected chi connectivity index (χ2v) is 8.11. The first-order valence-electron chi connectivity index (χ1n) is 7.74. The maximum atomic E-state index is 12.8. The largest absolute Gasteiger partial charge is 0.491 e. The van der Waals surface area contributed by atoms with E-state index in [1.807, 2.05) is 13.8 Å². The van der Waals surface area contributed by atoms with E-state index in [1.54, 1.807) is 24.3 Å². The summed E-state index contributed by atoms with van der Waals surface area (Å²) >= 11 is 0. The summed E-state index contributed by atoms with van der Waals surface area (Å²) < 4.78 is 32.5. The second-order valence-electron chi connectivity index (χ2n) is 6.22. The lowest BCUT2D eigenvalue weighted by Crippen LogP contribution is -2.47. The van der Waals surface area contributed by atoms with Crippen LogP contribution < -0.4 is 4.74 Å². The Balaban J connectivity index is 2.22. The third-order valence-electron chi connectivity index (χ3n) is 3.94. The van der Waals surface area contributed by atoms with Crippen LogP contribution in [0.2, 0.25) is 0 Å². The van der Waals surface area contributed by atoms with Crippen LogP contribution in [0.15, 0.2) is 29.2 Å². The molecule has 1 heterocycles. The molecule has 1 N–H and O–H groups in total. The maximum Gasteiger partial charge on any atom is 0.243 e. The minimum atomic E-state index is -3.57. The monoisotopic (exact) mass is 327 g/mol. The van der Waals surface area contributed by atoms with Gasteiger partial charge < -0.3 is 9.84 Å². The first-order chi connectivity index (χ1) is 10.3. The summed E-state index contributed by atoms with van der Waals surface area (Å²) in [7, 11) is -3.57. The SMILES string of the molecule is CC(C)Oc1ccc(S(=O)(=O)N2CC[C@@H](C)CC2CO)cc1. The molecule has 2 rings (SSSR count). The Labute approximate surface area is 133 Å². The molecule has 0 aliphatic carbocycles. The van der Waals surface area contributed by atoms with Gasteiger partial charge in [-0.15, -0.1) is 0 Å². The van der Waals surface area contributed by atoms with Gasteiger partial charge in [-0.25, -0.2) is 8.42 Å². The number of ether oxygens (including phenoxy) is 1. The fourth-order valence-corrected chi connectivity index (χ4v) is 4.45. The van der Waals surface area contributed by atoms with Crippen LogP contribution in [0.5, 0.6) is 5.75 Å². The summed E-state index contributed by atoms with van der Waals surface area (Å²) in [5, 5.41) is 9.51. The molecule has 1 aliphatic heterocycles. The molecule has 1 fully saturated rings. The molecule has 2 atom stereocenters. The fraction of sp³-hybridized carbons (Fsp3) is 0.625. The van der Waals surface area contributed by atoms with Crippen molar-refractivity contribution >= 4 is 10.0 Å². The van der Waals surface area contributed by atoms with Crippen LogP contribution in [-0.2, 0) is 10.0 Å². The number of hydrogen-bond acceptors (Lipinski definition) is 4. The van der Waals surface area contributed by atoms with E-state index in [-0.39, 0.29) is 23.6 Å². The molecule has 22 heavy (non-hydrogen) atoms. The van der Waals surface area contributed by atoms with Crippen molar-refractivity contribution in [1.82, 2.24) is 4.31 Å². The Morgan fingerprint density at radius 2 is 1.95 bits per heavy atom. The Morgan fingerprint density at radius 1 is 1.32 bits per heavy atom. The molecule has 1 aromatic carbocycles. The molecule has 5 nitrogen and oxygen atoms in total. The van der Waals surface area contributed by atoms with E-state index < -0.39 is 10.0 Å². The third kappa shape index (κ3) is 3.80. The van der Waals surface area contributed by atoms with E-state index in [4.69, 9.17) is 4.74 Å². The van der Waals surface area contributed by atoms with Gasteiger partial charge in [0.05, 0.1) is 17.6 Å². The molecule has 0 spiro atoms. The molecular formula is C16H25NO4S. The van der Waals surface area contributed by atoms with Crippen LogP contribution >= 0.6 is 0 Å². The zero-order valence-corrected chi connectivity index (χ0v) is 14.2.